The summed E-state index contributed by atoms with van der Waals surface area (Å²) in [5, 5.41) is 20.3. The Morgan fingerprint density at radius 2 is 1.32 bits per heavy atom. The van der Waals surface area contributed by atoms with Crippen molar-refractivity contribution < 1.29 is 19.7 Å². The molecule has 0 fully saturated rings. The Morgan fingerprint density at radius 3 is 1.79 bits per heavy atom. The van der Waals surface area contributed by atoms with Gasteiger partial charge in [-0.2, -0.15) is 0 Å². The van der Waals surface area contributed by atoms with E-state index in [1.807, 2.05) is 54.6 Å². The minimum absolute atomic E-state index is 0.128. The third kappa shape index (κ3) is 4.19. The number of carbonyl (C=O) groups is 1. The molecular formula is C24H22O4. The third-order valence-electron chi connectivity index (χ3n) is 4.54. The fourth-order valence-corrected chi connectivity index (χ4v) is 3.20. The Bertz CT molecular complexity index is 866. The highest BCUT2D eigenvalue weighted by Gasteiger charge is 2.46. The van der Waals surface area contributed by atoms with Crippen LogP contribution in [0.2, 0.25) is 0 Å². The maximum atomic E-state index is 11.8. The summed E-state index contributed by atoms with van der Waals surface area (Å²) in [7, 11) is 0. The number of aliphatic carboxylic acids is 1. The molecule has 0 aliphatic heterocycles. The Hall–Kier alpha value is -3.21. The molecule has 2 N–H and O–H groups in total. The molecule has 4 heteroatoms. The van der Waals surface area contributed by atoms with E-state index in [2.05, 4.69) is 0 Å². The molecule has 0 aliphatic rings. The molecule has 0 radical (unpaired) electrons. The summed E-state index contributed by atoms with van der Waals surface area (Å²) in [5.74, 6) is -1.35. The minimum Gasteiger partial charge on any atom is -0.479 e. The van der Waals surface area contributed by atoms with E-state index in [0.717, 1.165) is 5.56 Å². The molecule has 0 spiro atoms. The molecule has 142 valence electrons. The van der Waals surface area contributed by atoms with Gasteiger partial charge in [0, 0.05) is 0 Å². The van der Waals surface area contributed by atoms with Gasteiger partial charge < -0.3 is 14.9 Å². The minimum atomic E-state index is -1.78. The lowest BCUT2D eigenvalue weighted by atomic mass is 9.81. The zero-order valence-electron chi connectivity index (χ0n) is 15.3. The fourth-order valence-electron chi connectivity index (χ4n) is 3.20. The molecule has 3 aromatic carbocycles. The smallest absolute Gasteiger partial charge is 0.336 e. The first-order valence-corrected chi connectivity index (χ1v) is 9.02. The molecule has 0 saturated heterocycles. The number of rotatable bonds is 8. The Balaban J connectivity index is 2.00. The van der Waals surface area contributed by atoms with Crippen molar-refractivity contribution in [2.75, 3.05) is 6.61 Å². The molecule has 0 saturated carbocycles. The fraction of sp³-hybridized carbons (Fsp3) is 0.125. The second-order valence-corrected chi connectivity index (χ2v) is 6.33. The van der Waals surface area contributed by atoms with Gasteiger partial charge in [0.05, 0.1) is 6.61 Å². The highest BCUT2D eigenvalue weighted by molar-refractivity contribution is 5.75. The maximum Gasteiger partial charge on any atom is 0.336 e. The quantitative estimate of drug-likeness (QED) is 0.623. The number of hydrogen-bond acceptors (Lipinski definition) is 3. The van der Waals surface area contributed by atoms with E-state index >= 15 is 0 Å². The summed E-state index contributed by atoms with van der Waals surface area (Å²) in [6, 6.07) is 27.6. The summed E-state index contributed by atoms with van der Waals surface area (Å²) in [6.07, 6.45) is 1.93. The topological polar surface area (TPSA) is 66.8 Å². The third-order valence-corrected chi connectivity index (χ3v) is 4.54. The molecule has 0 heterocycles. The average molecular weight is 374 g/mol. The van der Waals surface area contributed by atoms with Crippen LogP contribution < -0.4 is 0 Å². The lowest BCUT2D eigenvalue weighted by Gasteiger charge is -2.37. The van der Waals surface area contributed by atoms with Crippen molar-refractivity contribution in [3.05, 3.63) is 114 Å². The number of carboxylic acids is 1. The lowest BCUT2D eigenvalue weighted by molar-refractivity contribution is -0.165. The van der Waals surface area contributed by atoms with Gasteiger partial charge in [-0.1, -0.05) is 103 Å². The highest BCUT2D eigenvalue weighted by Crippen LogP contribution is 2.37. The van der Waals surface area contributed by atoms with Crippen LogP contribution in [0.15, 0.2) is 97.1 Å². The number of aliphatic hydroxyl groups is 1. The van der Waals surface area contributed by atoms with Gasteiger partial charge in [0.2, 0.25) is 0 Å². The predicted octanol–water partition coefficient (Wildman–Crippen LogP) is 4.11. The predicted molar refractivity (Wildman–Crippen MR) is 109 cm³/mol. The van der Waals surface area contributed by atoms with Gasteiger partial charge in [0.1, 0.15) is 0 Å². The standard InChI is InChI=1S/C24H22O4/c25-22(23(26)27)24(20-14-6-2-7-15-20,21-16-8-3-9-17-21)28-18-10-13-19-11-4-1-5-12-19/h1-17,22,25H,18H2,(H,26,27)/b13-10+. The molecular weight excluding hydrogens is 352 g/mol. The zero-order valence-corrected chi connectivity index (χ0v) is 15.3. The Morgan fingerprint density at radius 1 is 0.857 bits per heavy atom. The van der Waals surface area contributed by atoms with Crippen molar-refractivity contribution in [2.45, 2.75) is 11.7 Å². The van der Waals surface area contributed by atoms with Crippen LogP contribution in [-0.4, -0.2) is 28.9 Å². The molecule has 0 aliphatic carbocycles. The molecule has 3 rings (SSSR count). The van der Waals surface area contributed by atoms with Crippen molar-refractivity contribution in [1.82, 2.24) is 0 Å². The van der Waals surface area contributed by atoms with Crippen molar-refractivity contribution >= 4 is 12.0 Å². The summed E-state index contributed by atoms with van der Waals surface area (Å²) >= 11 is 0. The van der Waals surface area contributed by atoms with Crippen LogP contribution >= 0.6 is 0 Å². The van der Waals surface area contributed by atoms with Gasteiger partial charge >= 0.3 is 5.97 Å². The van der Waals surface area contributed by atoms with E-state index in [9.17, 15) is 15.0 Å². The average Bonchev–Trinajstić information content (AvgIpc) is 2.75. The van der Waals surface area contributed by atoms with Crippen molar-refractivity contribution in [1.29, 1.82) is 0 Å². The first kappa shape index (κ1) is 19.5. The Labute approximate surface area is 164 Å². The van der Waals surface area contributed by atoms with Crippen LogP contribution in [0, 0.1) is 0 Å². The van der Waals surface area contributed by atoms with E-state index in [-0.39, 0.29) is 6.61 Å². The van der Waals surface area contributed by atoms with Crippen LogP contribution in [0.25, 0.3) is 6.08 Å². The number of ether oxygens (including phenoxy) is 1. The monoisotopic (exact) mass is 374 g/mol. The molecule has 0 amide bonds. The van der Waals surface area contributed by atoms with Crippen LogP contribution in [0.1, 0.15) is 16.7 Å². The van der Waals surface area contributed by atoms with E-state index in [1.165, 1.54) is 0 Å². The summed E-state index contributed by atoms with van der Waals surface area (Å²) in [5.41, 5.74) is 0.623. The van der Waals surface area contributed by atoms with Crippen molar-refractivity contribution in [2.24, 2.45) is 0 Å². The molecule has 3 aromatic rings. The Kier molecular flexibility index (Phi) is 6.37. The van der Waals surface area contributed by atoms with Gasteiger partial charge in [-0.25, -0.2) is 4.79 Å². The van der Waals surface area contributed by atoms with E-state index < -0.39 is 17.7 Å². The van der Waals surface area contributed by atoms with Crippen LogP contribution in [0.3, 0.4) is 0 Å². The molecule has 28 heavy (non-hydrogen) atoms. The van der Waals surface area contributed by atoms with Crippen molar-refractivity contribution in [3.63, 3.8) is 0 Å². The molecule has 4 nitrogen and oxygen atoms in total. The van der Waals surface area contributed by atoms with Gasteiger partial charge in [-0.15, -0.1) is 0 Å². The number of carboxylic acid groups (broad SMARTS) is 1. The summed E-state index contributed by atoms with van der Waals surface area (Å²) < 4.78 is 6.13. The second-order valence-electron chi connectivity index (χ2n) is 6.33. The normalized spacial score (nSPS) is 12.8. The summed E-state index contributed by atoms with van der Waals surface area (Å²) in [4.78, 5) is 11.8. The van der Waals surface area contributed by atoms with E-state index in [4.69, 9.17) is 4.74 Å². The number of hydrogen-bond donors (Lipinski definition) is 2. The first-order valence-electron chi connectivity index (χ1n) is 9.02. The molecule has 0 bridgehead atoms. The highest BCUT2D eigenvalue weighted by atomic mass is 16.5. The largest absolute Gasteiger partial charge is 0.479 e. The second kappa shape index (κ2) is 9.13. The van der Waals surface area contributed by atoms with Crippen LogP contribution in [0.5, 0.6) is 0 Å². The maximum absolute atomic E-state index is 11.8. The molecule has 1 atom stereocenters. The number of aliphatic hydroxyl groups excluding tert-OH is 1. The molecule has 0 aromatic heterocycles. The van der Waals surface area contributed by atoms with Crippen LogP contribution in [-0.2, 0) is 15.1 Å². The van der Waals surface area contributed by atoms with Gasteiger partial charge in [-0.05, 0) is 16.7 Å². The zero-order chi connectivity index (χ0) is 19.8. The van der Waals surface area contributed by atoms with Crippen LogP contribution in [0.4, 0.5) is 0 Å². The first-order chi connectivity index (χ1) is 13.6. The lowest BCUT2D eigenvalue weighted by Crippen LogP contribution is -2.47. The van der Waals surface area contributed by atoms with Gasteiger partial charge in [0.15, 0.2) is 11.7 Å². The van der Waals surface area contributed by atoms with E-state index in [0.29, 0.717) is 11.1 Å². The van der Waals surface area contributed by atoms with Crippen molar-refractivity contribution in [3.8, 4) is 0 Å². The van der Waals surface area contributed by atoms with E-state index in [1.54, 1.807) is 48.5 Å². The summed E-state index contributed by atoms with van der Waals surface area (Å²) in [6.45, 7) is 0.128. The number of benzene rings is 3. The van der Waals surface area contributed by atoms with Gasteiger partial charge in [-0.3, -0.25) is 0 Å². The van der Waals surface area contributed by atoms with Gasteiger partial charge in [0.25, 0.3) is 0 Å². The molecule has 1 unspecified atom stereocenters. The SMILES string of the molecule is O=C(O)C(O)C(OC/C=C/c1ccccc1)(c1ccccc1)c1ccccc1.